The van der Waals surface area contributed by atoms with Crippen molar-refractivity contribution in [2.24, 2.45) is 0 Å². The lowest BCUT2D eigenvalue weighted by molar-refractivity contribution is 0.0559. The van der Waals surface area contributed by atoms with E-state index in [0.29, 0.717) is 17.2 Å². The van der Waals surface area contributed by atoms with Gasteiger partial charge < -0.3 is 20.9 Å². The van der Waals surface area contributed by atoms with Crippen molar-refractivity contribution in [3.05, 3.63) is 4.88 Å². The molecule has 0 aromatic carbocycles. The molecule has 1 saturated carbocycles. The molecule has 118 valence electrons. The van der Waals surface area contributed by atoms with E-state index < -0.39 is 0 Å². The summed E-state index contributed by atoms with van der Waals surface area (Å²) in [5, 5.41) is 3.81. The Balaban J connectivity index is 2.02. The van der Waals surface area contributed by atoms with Crippen LogP contribution in [-0.2, 0) is 0 Å². The molecule has 1 fully saturated rings. The molecule has 0 aliphatic heterocycles. The minimum absolute atomic E-state index is 0.109. The molecule has 0 atom stereocenters. The Morgan fingerprint density at radius 3 is 2.57 bits per heavy atom. The number of hydrogen-bond donors (Lipinski definition) is 2. The van der Waals surface area contributed by atoms with Gasteiger partial charge in [0.1, 0.15) is 10.7 Å². The fourth-order valence-electron chi connectivity index (χ4n) is 2.47. The highest BCUT2D eigenvalue weighted by molar-refractivity contribution is 7.18. The van der Waals surface area contributed by atoms with Gasteiger partial charge in [0.2, 0.25) is 0 Å². The Morgan fingerprint density at radius 2 is 2.10 bits per heavy atom. The van der Waals surface area contributed by atoms with E-state index in [-0.39, 0.29) is 11.4 Å². The number of nitrogen functional groups attached to an aromatic ring is 1. The fraction of sp³-hybridized carbons (Fsp3) is 0.714. The van der Waals surface area contributed by atoms with Crippen molar-refractivity contribution in [2.45, 2.75) is 31.7 Å². The molecular weight excluding hydrogens is 286 g/mol. The zero-order chi connectivity index (χ0) is 15.6. The SMILES string of the molecule is CCN(C)c1nc(N)c(C(=O)NCC2(N(C)C)CCC2)s1. The quantitative estimate of drug-likeness (QED) is 0.830. The summed E-state index contributed by atoms with van der Waals surface area (Å²) < 4.78 is 0. The number of nitrogens with two attached hydrogens (primary N) is 1. The van der Waals surface area contributed by atoms with Gasteiger partial charge in [-0.1, -0.05) is 11.3 Å². The van der Waals surface area contributed by atoms with Crippen molar-refractivity contribution in [1.29, 1.82) is 0 Å². The van der Waals surface area contributed by atoms with Crippen LogP contribution in [0.15, 0.2) is 0 Å². The number of carbonyl (C=O) groups is 1. The highest BCUT2D eigenvalue weighted by Gasteiger charge is 2.39. The molecule has 0 spiro atoms. The van der Waals surface area contributed by atoms with Gasteiger partial charge in [0.15, 0.2) is 5.13 Å². The smallest absolute Gasteiger partial charge is 0.265 e. The van der Waals surface area contributed by atoms with Crippen LogP contribution in [0.2, 0.25) is 0 Å². The first-order valence-corrected chi connectivity index (χ1v) is 8.14. The van der Waals surface area contributed by atoms with Gasteiger partial charge in [-0.3, -0.25) is 4.79 Å². The van der Waals surface area contributed by atoms with Gasteiger partial charge in [-0.25, -0.2) is 4.98 Å². The van der Waals surface area contributed by atoms with Crippen molar-refractivity contribution in [1.82, 2.24) is 15.2 Å². The van der Waals surface area contributed by atoms with Crippen molar-refractivity contribution in [3.63, 3.8) is 0 Å². The van der Waals surface area contributed by atoms with E-state index in [1.165, 1.54) is 17.8 Å². The lowest BCUT2D eigenvalue weighted by atomic mass is 9.75. The average Bonchev–Trinajstić information content (AvgIpc) is 2.78. The molecule has 3 N–H and O–H groups in total. The lowest BCUT2D eigenvalue weighted by Crippen LogP contribution is -2.57. The first-order valence-electron chi connectivity index (χ1n) is 7.32. The first-order chi connectivity index (χ1) is 9.89. The Hall–Kier alpha value is -1.34. The molecule has 1 amide bonds. The molecule has 0 unspecified atom stereocenters. The van der Waals surface area contributed by atoms with E-state index in [2.05, 4.69) is 29.3 Å². The number of thiazole rings is 1. The summed E-state index contributed by atoms with van der Waals surface area (Å²) in [6.07, 6.45) is 3.48. The second-order valence-corrected chi connectivity index (χ2v) is 6.86. The van der Waals surface area contributed by atoms with Gasteiger partial charge in [0, 0.05) is 25.7 Å². The average molecular weight is 311 g/mol. The second-order valence-electron chi connectivity index (χ2n) is 5.88. The van der Waals surface area contributed by atoms with E-state index in [0.717, 1.165) is 24.5 Å². The Kier molecular flexibility index (Phi) is 4.73. The van der Waals surface area contributed by atoms with Crippen molar-refractivity contribution in [2.75, 3.05) is 44.9 Å². The zero-order valence-electron chi connectivity index (χ0n) is 13.3. The van der Waals surface area contributed by atoms with Crippen LogP contribution in [0, 0.1) is 0 Å². The number of nitrogens with zero attached hydrogens (tertiary/aromatic N) is 3. The predicted octanol–water partition coefficient (Wildman–Crippen LogP) is 1.40. The van der Waals surface area contributed by atoms with Crippen LogP contribution in [0.4, 0.5) is 10.9 Å². The molecule has 21 heavy (non-hydrogen) atoms. The minimum atomic E-state index is -0.117. The summed E-state index contributed by atoms with van der Waals surface area (Å²) in [6.45, 7) is 3.53. The maximum atomic E-state index is 12.3. The highest BCUT2D eigenvalue weighted by atomic mass is 32.1. The Bertz CT molecular complexity index is 509. The number of hydrogen-bond acceptors (Lipinski definition) is 6. The number of aromatic nitrogens is 1. The second kappa shape index (κ2) is 6.19. The Labute approximate surface area is 130 Å². The molecular formula is C14H25N5OS. The number of nitrogens with one attached hydrogen (secondary N) is 1. The van der Waals surface area contributed by atoms with Gasteiger partial charge >= 0.3 is 0 Å². The van der Waals surface area contributed by atoms with E-state index in [1.54, 1.807) is 0 Å². The summed E-state index contributed by atoms with van der Waals surface area (Å²) in [4.78, 5) is 21.3. The van der Waals surface area contributed by atoms with Crippen molar-refractivity contribution >= 4 is 28.2 Å². The molecule has 1 aliphatic carbocycles. The van der Waals surface area contributed by atoms with Crippen LogP contribution in [0.5, 0.6) is 0 Å². The number of anilines is 2. The fourth-order valence-corrected chi connectivity index (χ4v) is 3.40. The molecule has 6 nitrogen and oxygen atoms in total. The number of carbonyl (C=O) groups excluding carboxylic acids is 1. The normalized spacial score (nSPS) is 16.6. The number of likely N-dealkylation sites (N-methyl/N-ethyl adjacent to an activating group) is 1. The van der Waals surface area contributed by atoms with E-state index in [9.17, 15) is 4.79 Å². The third-order valence-electron chi connectivity index (χ3n) is 4.46. The van der Waals surface area contributed by atoms with Crippen molar-refractivity contribution < 1.29 is 4.79 Å². The van der Waals surface area contributed by atoms with Crippen LogP contribution >= 0.6 is 11.3 Å². The largest absolute Gasteiger partial charge is 0.382 e. The molecule has 1 aromatic rings. The van der Waals surface area contributed by atoms with E-state index >= 15 is 0 Å². The van der Waals surface area contributed by atoms with Gasteiger partial charge in [0.25, 0.3) is 5.91 Å². The third-order valence-corrected chi connectivity index (χ3v) is 5.64. The zero-order valence-corrected chi connectivity index (χ0v) is 14.1. The van der Waals surface area contributed by atoms with Gasteiger partial charge in [0.05, 0.1) is 0 Å². The molecule has 0 radical (unpaired) electrons. The van der Waals surface area contributed by atoms with Crippen LogP contribution in [0.25, 0.3) is 0 Å². The standard InChI is InChI=1S/C14H25N5OS/c1-5-19(4)13-17-11(15)10(21-13)12(20)16-9-14(18(2)3)7-6-8-14/h5-9,15H2,1-4H3,(H,16,20). The summed E-state index contributed by atoms with van der Waals surface area (Å²) in [7, 11) is 6.08. The van der Waals surface area contributed by atoms with Crippen LogP contribution in [-0.4, -0.2) is 55.6 Å². The molecule has 2 rings (SSSR count). The molecule has 0 bridgehead atoms. The number of rotatable bonds is 6. The molecule has 1 aliphatic rings. The lowest BCUT2D eigenvalue weighted by Gasteiger charge is -2.47. The summed E-state index contributed by atoms with van der Waals surface area (Å²) in [5.74, 6) is 0.203. The molecule has 0 saturated heterocycles. The summed E-state index contributed by atoms with van der Waals surface area (Å²) >= 11 is 1.35. The van der Waals surface area contributed by atoms with Gasteiger partial charge in [-0.15, -0.1) is 0 Å². The highest BCUT2D eigenvalue weighted by Crippen LogP contribution is 2.35. The predicted molar refractivity (Wildman–Crippen MR) is 88.1 cm³/mol. The third kappa shape index (κ3) is 3.13. The summed E-state index contributed by atoms with van der Waals surface area (Å²) in [6, 6.07) is 0. The molecule has 7 heteroatoms. The summed E-state index contributed by atoms with van der Waals surface area (Å²) in [5.41, 5.74) is 5.99. The maximum Gasteiger partial charge on any atom is 0.265 e. The first kappa shape index (κ1) is 16.0. The van der Waals surface area contributed by atoms with Crippen LogP contribution in [0.3, 0.4) is 0 Å². The molecule has 1 aromatic heterocycles. The topological polar surface area (TPSA) is 74.5 Å². The van der Waals surface area contributed by atoms with Gasteiger partial charge in [-0.05, 0) is 40.3 Å². The molecule has 1 heterocycles. The minimum Gasteiger partial charge on any atom is -0.382 e. The van der Waals surface area contributed by atoms with Crippen LogP contribution in [0.1, 0.15) is 35.9 Å². The number of amides is 1. The van der Waals surface area contributed by atoms with Crippen molar-refractivity contribution in [3.8, 4) is 0 Å². The van der Waals surface area contributed by atoms with Crippen LogP contribution < -0.4 is 16.0 Å². The Morgan fingerprint density at radius 1 is 1.43 bits per heavy atom. The van der Waals surface area contributed by atoms with E-state index in [4.69, 9.17) is 5.73 Å². The monoisotopic (exact) mass is 311 g/mol. The van der Waals surface area contributed by atoms with E-state index in [1.807, 2.05) is 18.9 Å². The van der Waals surface area contributed by atoms with Gasteiger partial charge in [-0.2, -0.15) is 0 Å². The maximum absolute atomic E-state index is 12.3.